The number of hydrogen-bond donors (Lipinski definition) is 1. The molecule has 1 aliphatic carbocycles. The first-order valence-corrected chi connectivity index (χ1v) is 11.3. The lowest BCUT2D eigenvalue weighted by Crippen LogP contribution is -2.33. The molecule has 1 amide bonds. The summed E-state index contributed by atoms with van der Waals surface area (Å²) in [6.07, 6.45) is 4.50. The van der Waals surface area contributed by atoms with Gasteiger partial charge in [0.2, 0.25) is 5.91 Å². The third-order valence-electron chi connectivity index (χ3n) is 5.12. The normalized spacial score (nSPS) is 14.1. The lowest BCUT2D eigenvalue weighted by Gasteiger charge is -2.13. The largest absolute Gasteiger partial charge is 0.496 e. The molecule has 2 aromatic carbocycles. The Labute approximate surface area is 185 Å². The zero-order chi connectivity index (χ0) is 20.9. The lowest BCUT2D eigenvalue weighted by molar-refractivity contribution is -0.119. The number of ether oxygens (including phenoxy) is 1. The molecule has 1 aliphatic rings. The number of methoxy groups -OCH3 is 1. The second kappa shape index (κ2) is 9.53. The Morgan fingerprint density at radius 3 is 2.63 bits per heavy atom. The maximum atomic E-state index is 12.4. The van der Waals surface area contributed by atoms with Gasteiger partial charge in [0.25, 0.3) is 0 Å². The number of benzene rings is 2. The van der Waals surface area contributed by atoms with Crippen molar-refractivity contribution in [1.29, 1.82) is 0 Å². The fourth-order valence-electron chi connectivity index (χ4n) is 3.66. The van der Waals surface area contributed by atoms with Crippen molar-refractivity contribution in [2.45, 2.75) is 36.9 Å². The number of nitrogens with one attached hydrogen (secondary N) is 1. The molecule has 0 unspecified atom stereocenters. The van der Waals surface area contributed by atoms with Crippen molar-refractivity contribution in [3.05, 3.63) is 53.6 Å². The summed E-state index contributed by atoms with van der Waals surface area (Å²) in [5.41, 5.74) is 1.69. The van der Waals surface area contributed by atoms with Gasteiger partial charge in [0, 0.05) is 16.8 Å². The number of thioether (sulfide) groups is 1. The number of carbonyl (C=O) groups excluding carboxylic acids is 1. The smallest absolute Gasteiger partial charge is 0.230 e. The number of nitrogens with zero attached hydrogens (tertiary/aromatic N) is 3. The van der Waals surface area contributed by atoms with Crippen molar-refractivity contribution >= 4 is 29.3 Å². The number of para-hydroxylation sites is 1. The fourth-order valence-corrected chi connectivity index (χ4v) is 4.55. The van der Waals surface area contributed by atoms with Crippen molar-refractivity contribution in [3.8, 4) is 22.8 Å². The maximum absolute atomic E-state index is 12.4. The molecule has 0 aliphatic heterocycles. The molecule has 0 saturated heterocycles. The number of hydrogen-bond acceptors (Lipinski definition) is 5. The molecule has 6 nitrogen and oxygen atoms in total. The van der Waals surface area contributed by atoms with E-state index in [-0.39, 0.29) is 11.7 Å². The first-order chi connectivity index (χ1) is 14.7. The highest BCUT2D eigenvalue weighted by Gasteiger charge is 2.21. The van der Waals surface area contributed by atoms with Crippen LogP contribution >= 0.6 is 23.4 Å². The van der Waals surface area contributed by atoms with Gasteiger partial charge in [-0.1, -0.05) is 48.3 Å². The second-order valence-corrected chi connectivity index (χ2v) is 8.53. The standard InChI is InChI=1S/C22H23ClN4O2S/c1-29-19-9-5-4-8-18(19)21-25-26-22(27(21)17-12-10-15(23)11-13-17)30-14-20(28)24-16-6-2-3-7-16/h4-5,8-13,16H,2-3,6-7,14H2,1H3,(H,24,28). The SMILES string of the molecule is COc1ccccc1-c1nnc(SCC(=O)NC2CCCC2)n1-c1ccc(Cl)cc1. The van der Waals surface area contributed by atoms with E-state index in [4.69, 9.17) is 16.3 Å². The molecule has 1 heterocycles. The minimum absolute atomic E-state index is 0.0244. The van der Waals surface area contributed by atoms with Crippen LogP contribution in [0.2, 0.25) is 5.02 Å². The van der Waals surface area contributed by atoms with Gasteiger partial charge >= 0.3 is 0 Å². The van der Waals surface area contributed by atoms with Crippen molar-refractivity contribution in [2.24, 2.45) is 0 Å². The second-order valence-electron chi connectivity index (χ2n) is 7.16. The number of amides is 1. The van der Waals surface area contributed by atoms with Crippen molar-refractivity contribution in [1.82, 2.24) is 20.1 Å². The van der Waals surface area contributed by atoms with Gasteiger partial charge in [0.15, 0.2) is 11.0 Å². The van der Waals surface area contributed by atoms with Crippen LogP contribution in [-0.2, 0) is 4.79 Å². The van der Waals surface area contributed by atoms with Crippen molar-refractivity contribution in [2.75, 3.05) is 12.9 Å². The van der Waals surface area contributed by atoms with Gasteiger partial charge in [-0.3, -0.25) is 9.36 Å². The Morgan fingerprint density at radius 1 is 1.17 bits per heavy atom. The van der Waals surface area contributed by atoms with E-state index in [1.54, 1.807) is 7.11 Å². The van der Waals surface area contributed by atoms with Crippen LogP contribution in [0, 0.1) is 0 Å². The summed E-state index contributed by atoms with van der Waals surface area (Å²) in [5, 5.41) is 13.2. The predicted molar refractivity (Wildman–Crippen MR) is 119 cm³/mol. The number of rotatable bonds is 7. The molecule has 1 saturated carbocycles. The van der Waals surface area contributed by atoms with Gasteiger partial charge in [0.05, 0.1) is 18.4 Å². The van der Waals surface area contributed by atoms with Gasteiger partial charge < -0.3 is 10.1 Å². The third kappa shape index (κ3) is 4.63. The molecule has 1 aromatic heterocycles. The van der Waals surface area contributed by atoms with Gasteiger partial charge in [-0.15, -0.1) is 10.2 Å². The fraction of sp³-hybridized carbons (Fsp3) is 0.318. The summed E-state index contributed by atoms with van der Waals surface area (Å²) < 4.78 is 7.45. The Morgan fingerprint density at radius 2 is 1.90 bits per heavy atom. The average molecular weight is 443 g/mol. The van der Waals surface area contributed by atoms with Crippen LogP contribution in [-0.4, -0.2) is 39.6 Å². The molecule has 3 aromatic rings. The highest BCUT2D eigenvalue weighted by Crippen LogP contribution is 2.33. The van der Waals surface area contributed by atoms with E-state index in [1.807, 2.05) is 53.1 Å². The van der Waals surface area contributed by atoms with Crippen molar-refractivity contribution in [3.63, 3.8) is 0 Å². The van der Waals surface area contributed by atoms with E-state index < -0.39 is 0 Å². The van der Waals surface area contributed by atoms with Crippen LogP contribution in [0.3, 0.4) is 0 Å². The quantitative estimate of drug-likeness (QED) is 0.535. The molecule has 156 valence electrons. The highest BCUT2D eigenvalue weighted by molar-refractivity contribution is 7.99. The van der Waals surface area contributed by atoms with Crippen LogP contribution in [0.25, 0.3) is 17.1 Å². The van der Waals surface area contributed by atoms with Crippen molar-refractivity contribution < 1.29 is 9.53 Å². The molecule has 1 fully saturated rings. The number of carbonyl (C=O) groups is 1. The predicted octanol–water partition coefficient (Wildman–Crippen LogP) is 4.75. The topological polar surface area (TPSA) is 69.0 Å². The van der Waals surface area contributed by atoms with Crippen LogP contribution in [0.15, 0.2) is 53.7 Å². The van der Waals surface area contributed by atoms with E-state index >= 15 is 0 Å². The molecule has 0 bridgehead atoms. The zero-order valence-electron chi connectivity index (χ0n) is 16.7. The summed E-state index contributed by atoms with van der Waals surface area (Å²) in [4.78, 5) is 12.4. The summed E-state index contributed by atoms with van der Waals surface area (Å²) >= 11 is 7.45. The molecule has 0 atom stereocenters. The van der Waals surface area contributed by atoms with E-state index in [9.17, 15) is 4.79 Å². The molecular formula is C22H23ClN4O2S. The van der Waals surface area contributed by atoms with Crippen LogP contribution in [0.1, 0.15) is 25.7 Å². The highest BCUT2D eigenvalue weighted by atomic mass is 35.5. The van der Waals surface area contributed by atoms with Gasteiger partial charge in [-0.25, -0.2) is 0 Å². The molecule has 0 radical (unpaired) electrons. The Balaban J connectivity index is 1.64. The number of halogens is 1. The summed E-state index contributed by atoms with van der Waals surface area (Å²) in [7, 11) is 1.63. The van der Waals surface area contributed by atoms with E-state index in [0.29, 0.717) is 27.8 Å². The molecular weight excluding hydrogens is 420 g/mol. The Hall–Kier alpha value is -2.51. The zero-order valence-corrected chi connectivity index (χ0v) is 18.2. The van der Waals surface area contributed by atoms with Crippen LogP contribution < -0.4 is 10.1 Å². The summed E-state index contributed by atoms with van der Waals surface area (Å²) in [6, 6.07) is 15.4. The minimum atomic E-state index is 0.0244. The monoisotopic (exact) mass is 442 g/mol. The Bertz CT molecular complexity index is 1020. The van der Waals surface area contributed by atoms with Crippen LogP contribution in [0.5, 0.6) is 5.75 Å². The van der Waals surface area contributed by atoms with Gasteiger partial charge in [-0.2, -0.15) is 0 Å². The molecule has 4 rings (SSSR count). The number of aromatic nitrogens is 3. The first-order valence-electron chi connectivity index (χ1n) is 9.92. The van der Waals surface area contributed by atoms with E-state index in [2.05, 4.69) is 15.5 Å². The Kier molecular flexibility index (Phi) is 6.59. The summed E-state index contributed by atoms with van der Waals surface area (Å²) in [6.45, 7) is 0. The maximum Gasteiger partial charge on any atom is 0.230 e. The van der Waals surface area contributed by atoms with Crippen LogP contribution in [0.4, 0.5) is 0 Å². The average Bonchev–Trinajstić information content (AvgIpc) is 3.42. The minimum Gasteiger partial charge on any atom is -0.496 e. The molecule has 30 heavy (non-hydrogen) atoms. The summed E-state index contributed by atoms with van der Waals surface area (Å²) in [5.74, 6) is 1.66. The first kappa shape index (κ1) is 20.8. The molecule has 1 N–H and O–H groups in total. The van der Waals surface area contributed by atoms with E-state index in [1.165, 1.54) is 24.6 Å². The third-order valence-corrected chi connectivity index (χ3v) is 6.30. The van der Waals surface area contributed by atoms with Gasteiger partial charge in [-0.05, 0) is 49.2 Å². The van der Waals surface area contributed by atoms with E-state index in [0.717, 1.165) is 24.1 Å². The molecule has 0 spiro atoms. The van der Waals surface area contributed by atoms with Gasteiger partial charge in [0.1, 0.15) is 5.75 Å². The molecule has 8 heteroatoms. The lowest BCUT2D eigenvalue weighted by atomic mass is 10.2.